The van der Waals surface area contributed by atoms with Crippen molar-refractivity contribution in [1.82, 2.24) is 0 Å². The fraction of sp³-hybridized carbons (Fsp3) is 0.0769. The molecule has 2 rings (SSSR count). The zero-order valence-corrected chi connectivity index (χ0v) is 12.5. The summed E-state index contributed by atoms with van der Waals surface area (Å²) in [6, 6.07) is 8.45. The van der Waals surface area contributed by atoms with Gasteiger partial charge in [-0.1, -0.05) is 11.6 Å². The van der Waals surface area contributed by atoms with Crippen molar-refractivity contribution >= 4 is 51.3 Å². The van der Waals surface area contributed by atoms with Crippen molar-refractivity contribution < 1.29 is 4.39 Å². The van der Waals surface area contributed by atoms with Gasteiger partial charge in [0.15, 0.2) is 0 Å². The predicted octanol–water partition coefficient (Wildman–Crippen LogP) is 4.72. The first-order chi connectivity index (χ1) is 8.47. The summed E-state index contributed by atoms with van der Waals surface area (Å²) >= 11 is 7.79. The molecule has 0 amide bonds. The Hall–Kier alpha value is -1.01. The van der Waals surface area contributed by atoms with Crippen LogP contribution in [0.2, 0.25) is 5.02 Å². The van der Waals surface area contributed by atoms with Gasteiger partial charge >= 0.3 is 0 Å². The molecule has 2 aromatic carbocycles. The van der Waals surface area contributed by atoms with Crippen LogP contribution in [0, 0.1) is 16.3 Å². The summed E-state index contributed by atoms with van der Waals surface area (Å²) in [4.78, 5) is 0. The highest BCUT2D eigenvalue weighted by Crippen LogP contribution is 2.29. The Morgan fingerprint density at radius 1 is 1.22 bits per heavy atom. The molecule has 0 fully saturated rings. The Morgan fingerprint density at radius 3 is 2.61 bits per heavy atom. The lowest BCUT2D eigenvalue weighted by Crippen LogP contribution is -1.99. The van der Waals surface area contributed by atoms with Crippen LogP contribution in [0.3, 0.4) is 0 Å². The van der Waals surface area contributed by atoms with Gasteiger partial charge in [-0.25, -0.2) is 4.39 Å². The maximum absolute atomic E-state index is 13.5. The number of hydrogen-bond donors (Lipinski definition) is 2. The standard InChI is InChI=1S/C13H11ClFIN2/c1-7-4-8(14)2-3-12(7)18-13-5-9(15)10(16)6-11(13)17/h2-6,18H,17H2,1H3. The number of halogens is 3. The van der Waals surface area contributed by atoms with Gasteiger partial charge in [0.1, 0.15) is 5.82 Å². The van der Waals surface area contributed by atoms with Crippen molar-refractivity contribution in [3.63, 3.8) is 0 Å². The molecular weight excluding hydrogens is 366 g/mol. The SMILES string of the molecule is Cc1cc(Cl)ccc1Nc1cc(F)c(I)cc1N. The van der Waals surface area contributed by atoms with E-state index in [1.54, 1.807) is 12.1 Å². The molecule has 2 nitrogen and oxygen atoms in total. The minimum absolute atomic E-state index is 0.293. The van der Waals surface area contributed by atoms with Crippen molar-refractivity contribution in [3.05, 3.63) is 50.3 Å². The number of rotatable bonds is 2. The van der Waals surface area contributed by atoms with E-state index < -0.39 is 0 Å². The quantitative estimate of drug-likeness (QED) is 0.588. The monoisotopic (exact) mass is 376 g/mol. The highest BCUT2D eigenvalue weighted by Gasteiger charge is 2.07. The number of anilines is 3. The van der Waals surface area contributed by atoms with E-state index in [2.05, 4.69) is 5.32 Å². The first kappa shape index (κ1) is 13.4. The van der Waals surface area contributed by atoms with Gasteiger partial charge in [0, 0.05) is 16.8 Å². The van der Waals surface area contributed by atoms with Crippen molar-refractivity contribution in [1.29, 1.82) is 0 Å². The Bertz CT molecular complexity index is 602. The number of nitrogens with two attached hydrogens (primary N) is 1. The maximum atomic E-state index is 13.5. The summed E-state index contributed by atoms with van der Waals surface area (Å²) in [5.41, 5.74) is 8.75. The van der Waals surface area contributed by atoms with Crippen molar-refractivity contribution in [2.45, 2.75) is 6.92 Å². The number of aryl methyl sites for hydroxylation is 1. The van der Waals surface area contributed by atoms with Gasteiger partial charge in [-0.15, -0.1) is 0 Å². The summed E-state index contributed by atoms with van der Waals surface area (Å²) in [5.74, 6) is -0.293. The summed E-state index contributed by atoms with van der Waals surface area (Å²) in [7, 11) is 0. The van der Waals surface area contributed by atoms with Gasteiger partial charge in [0.05, 0.1) is 14.9 Å². The molecule has 0 saturated heterocycles. The van der Waals surface area contributed by atoms with Crippen LogP contribution in [0.4, 0.5) is 21.5 Å². The predicted molar refractivity (Wildman–Crippen MR) is 83.0 cm³/mol. The summed E-state index contributed by atoms with van der Waals surface area (Å²) in [5, 5.41) is 3.78. The molecule has 3 N–H and O–H groups in total. The molecule has 0 atom stereocenters. The van der Waals surface area contributed by atoms with Crippen LogP contribution >= 0.6 is 34.2 Å². The fourth-order valence-electron chi connectivity index (χ4n) is 1.58. The summed E-state index contributed by atoms with van der Waals surface area (Å²) in [6.45, 7) is 1.92. The lowest BCUT2D eigenvalue weighted by molar-refractivity contribution is 0.621. The van der Waals surface area contributed by atoms with Gasteiger partial charge in [0.2, 0.25) is 0 Å². The van der Waals surface area contributed by atoms with E-state index in [1.807, 2.05) is 41.6 Å². The smallest absolute Gasteiger partial charge is 0.138 e. The molecule has 0 spiro atoms. The van der Waals surface area contributed by atoms with Crippen LogP contribution in [0.1, 0.15) is 5.56 Å². The number of hydrogen-bond acceptors (Lipinski definition) is 2. The molecular formula is C13H11ClFIN2. The highest BCUT2D eigenvalue weighted by atomic mass is 127. The average Bonchev–Trinajstić information content (AvgIpc) is 2.29. The zero-order chi connectivity index (χ0) is 13.3. The zero-order valence-electron chi connectivity index (χ0n) is 9.60. The van der Waals surface area contributed by atoms with Crippen LogP contribution in [-0.2, 0) is 0 Å². The van der Waals surface area contributed by atoms with Crippen molar-refractivity contribution in [3.8, 4) is 0 Å². The second-order valence-electron chi connectivity index (χ2n) is 3.94. The van der Waals surface area contributed by atoms with Crippen LogP contribution in [0.15, 0.2) is 30.3 Å². The van der Waals surface area contributed by atoms with Crippen molar-refractivity contribution in [2.75, 3.05) is 11.1 Å². The van der Waals surface area contributed by atoms with E-state index in [1.165, 1.54) is 6.07 Å². The van der Waals surface area contributed by atoms with Gasteiger partial charge in [0.25, 0.3) is 0 Å². The molecule has 18 heavy (non-hydrogen) atoms. The summed E-state index contributed by atoms with van der Waals surface area (Å²) < 4.78 is 14.0. The highest BCUT2D eigenvalue weighted by molar-refractivity contribution is 14.1. The molecule has 0 bridgehead atoms. The van der Waals surface area contributed by atoms with E-state index in [0.29, 0.717) is 20.0 Å². The van der Waals surface area contributed by atoms with E-state index in [-0.39, 0.29) is 5.82 Å². The first-order valence-electron chi connectivity index (χ1n) is 5.25. The van der Waals surface area contributed by atoms with E-state index in [0.717, 1.165) is 11.3 Å². The second-order valence-corrected chi connectivity index (χ2v) is 5.54. The normalized spacial score (nSPS) is 10.4. The van der Waals surface area contributed by atoms with Gasteiger partial charge < -0.3 is 11.1 Å². The molecule has 94 valence electrons. The molecule has 0 aliphatic carbocycles. The first-order valence-corrected chi connectivity index (χ1v) is 6.71. The van der Waals surface area contributed by atoms with Crippen LogP contribution in [-0.4, -0.2) is 0 Å². The Kier molecular flexibility index (Phi) is 3.97. The molecule has 2 aromatic rings. The minimum Gasteiger partial charge on any atom is -0.397 e. The lowest BCUT2D eigenvalue weighted by atomic mass is 10.2. The van der Waals surface area contributed by atoms with Gasteiger partial charge in [-0.2, -0.15) is 0 Å². The maximum Gasteiger partial charge on any atom is 0.138 e. The van der Waals surface area contributed by atoms with Crippen LogP contribution < -0.4 is 11.1 Å². The minimum atomic E-state index is -0.293. The molecule has 0 aliphatic heterocycles. The fourth-order valence-corrected chi connectivity index (χ4v) is 2.30. The Morgan fingerprint density at radius 2 is 1.94 bits per heavy atom. The third-order valence-corrected chi connectivity index (χ3v) is 3.61. The number of nitrogen functional groups attached to an aromatic ring is 1. The Labute approximate surface area is 123 Å². The van der Waals surface area contributed by atoms with Crippen molar-refractivity contribution in [2.24, 2.45) is 0 Å². The average molecular weight is 377 g/mol. The topological polar surface area (TPSA) is 38.0 Å². The molecule has 0 heterocycles. The van der Waals surface area contributed by atoms with E-state index in [9.17, 15) is 4.39 Å². The van der Waals surface area contributed by atoms with E-state index >= 15 is 0 Å². The van der Waals surface area contributed by atoms with E-state index in [4.69, 9.17) is 17.3 Å². The van der Waals surface area contributed by atoms with Crippen LogP contribution in [0.25, 0.3) is 0 Å². The second kappa shape index (κ2) is 5.32. The number of benzene rings is 2. The third kappa shape index (κ3) is 2.87. The largest absolute Gasteiger partial charge is 0.397 e. The molecule has 0 aromatic heterocycles. The molecule has 0 unspecified atom stereocenters. The Balaban J connectivity index is 2.37. The number of nitrogens with one attached hydrogen (secondary N) is 1. The van der Waals surface area contributed by atoms with Gasteiger partial charge in [-0.05, 0) is 59.3 Å². The van der Waals surface area contributed by atoms with Gasteiger partial charge in [-0.3, -0.25) is 0 Å². The molecule has 0 radical (unpaired) electrons. The lowest BCUT2D eigenvalue weighted by Gasteiger charge is -2.12. The molecule has 5 heteroatoms. The molecule has 0 aliphatic rings. The van der Waals surface area contributed by atoms with Crippen LogP contribution in [0.5, 0.6) is 0 Å². The third-order valence-electron chi connectivity index (χ3n) is 2.55. The summed E-state index contributed by atoms with van der Waals surface area (Å²) in [6.07, 6.45) is 0. The molecule has 0 saturated carbocycles.